The lowest BCUT2D eigenvalue weighted by molar-refractivity contribution is 0.112. The van der Waals surface area contributed by atoms with Gasteiger partial charge in [0.25, 0.3) is 0 Å². The van der Waals surface area contributed by atoms with Crippen molar-refractivity contribution in [3.05, 3.63) is 23.8 Å². The molecule has 1 aromatic rings. The van der Waals surface area contributed by atoms with Crippen LogP contribution in [0.4, 0.5) is 5.69 Å². The van der Waals surface area contributed by atoms with Crippen molar-refractivity contribution in [3.8, 4) is 0 Å². The molecule has 74 valence electrons. The second kappa shape index (κ2) is 4.05. The maximum atomic E-state index is 10.9. The first-order chi connectivity index (χ1) is 6.83. The average molecular weight is 207 g/mol. The molecule has 0 radical (unpaired) electrons. The number of carbonyl (C=O) groups excluding carboxylic acids is 1. The van der Waals surface area contributed by atoms with Gasteiger partial charge in [0.2, 0.25) is 0 Å². The number of carbonyl (C=O) groups is 1. The third-order valence-electron chi connectivity index (χ3n) is 2.60. The van der Waals surface area contributed by atoms with E-state index in [1.54, 1.807) is 0 Å². The summed E-state index contributed by atoms with van der Waals surface area (Å²) in [4.78, 5) is 14.0. The van der Waals surface area contributed by atoms with Crippen LogP contribution in [-0.4, -0.2) is 19.4 Å². The number of thiol groups is 1. The molecule has 1 heterocycles. The Kier molecular flexibility index (Phi) is 2.77. The van der Waals surface area contributed by atoms with Gasteiger partial charge in [-0.2, -0.15) is 0 Å². The van der Waals surface area contributed by atoms with Crippen LogP contribution in [0.2, 0.25) is 0 Å². The molecule has 0 aliphatic carbocycles. The molecule has 0 unspecified atom stereocenters. The van der Waals surface area contributed by atoms with Crippen LogP contribution in [0.3, 0.4) is 0 Å². The van der Waals surface area contributed by atoms with E-state index in [-0.39, 0.29) is 0 Å². The first-order valence-electron chi connectivity index (χ1n) is 4.85. The Morgan fingerprint density at radius 1 is 1.29 bits per heavy atom. The highest BCUT2D eigenvalue weighted by Gasteiger charge is 2.17. The van der Waals surface area contributed by atoms with Gasteiger partial charge in [0.1, 0.15) is 0 Å². The molecule has 0 spiro atoms. The first kappa shape index (κ1) is 9.59. The number of para-hydroxylation sites is 1. The Balaban J connectivity index is 2.42. The van der Waals surface area contributed by atoms with Gasteiger partial charge in [-0.25, -0.2) is 0 Å². The fraction of sp³-hybridized carbons (Fsp3) is 0.364. The molecule has 1 fully saturated rings. The van der Waals surface area contributed by atoms with Gasteiger partial charge in [-0.15, -0.1) is 12.6 Å². The lowest BCUT2D eigenvalue weighted by atomic mass is 10.2. The molecule has 3 heteroatoms. The van der Waals surface area contributed by atoms with Crippen molar-refractivity contribution in [1.82, 2.24) is 0 Å². The van der Waals surface area contributed by atoms with Crippen LogP contribution in [0.25, 0.3) is 0 Å². The molecule has 1 aliphatic rings. The highest BCUT2D eigenvalue weighted by atomic mass is 32.1. The summed E-state index contributed by atoms with van der Waals surface area (Å²) in [7, 11) is 0. The number of hydrogen-bond donors (Lipinski definition) is 1. The minimum atomic E-state index is 0.749. The summed E-state index contributed by atoms with van der Waals surface area (Å²) in [6.45, 7) is 2.08. The number of hydrogen-bond acceptors (Lipinski definition) is 3. The van der Waals surface area contributed by atoms with E-state index in [1.165, 1.54) is 12.8 Å². The van der Waals surface area contributed by atoms with Crippen LogP contribution >= 0.6 is 12.6 Å². The highest BCUT2D eigenvalue weighted by Crippen LogP contribution is 2.30. The minimum absolute atomic E-state index is 0.749. The van der Waals surface area contributed by atoms with Gasteiger partial charge in [-0.3, -0.25) is 4.79 Å². The molecule has 14 heavy (non-hydrogen) atoms. The molecular weight excluding hydrogens is 194 g/mol. The predicted molar refractivity (Wildman–Crippen MR) is 60.5 cm³/mol. The van der Waals surface area contributed by atoms with Crippen LogP contribution in [-0.2, 0) is 0 Å². The van der Waals surface area contributed by atoms with Crippen molar-refractivity contribution < 1.29 is 4.79 Å². The van der Waals surface area contributed by atoms with Crippen molar-refractivity contribution in [3.63, 3.8) is 0 Å². The molecule has 0 saturated carbocycles. The van der Waals surface area contributed by atoms with Crippen molar-refractivity contribution in [2.24, 2.45) is 0 Å². The van der Waals surface area contributed by atoms with E-state index in [0.717, 1.165) is 35.5 Å². The van der Waals surface area contributed by atoms with E-state index in [2.05, 4.69) is 17.5 Å². The Bertz CT molecular complexity index is 345. The van der Waals surface area contributed by atoms with E-state index >= 15 is 0 Å². The van der Waals surface area contributed by atoms with E-state index in [1.807, 2.05) is 18.2 Å². The number of benzene rings is 1. The van der Waals surface area contributed by atoms with Crippen molar-refractivity contribution in [1.29, 1.82) is 0 Å². The van der Waals surface area contributed by atoms with E-state index in [0.29, 0.717) is 0 Å². The summed E-state index contributed by atoms with van der Waals surface area (Å²) in [6, 6.07) is 5.65. The van der Waals surface area contributed by atoms with Crippen LogP contribution < -0.4 is 4.90 Å². The second-order valence-corrected chi connectivity index (χ2v) is 4.01. The smallest absolute Gasteiger partial charge is 0.152 e. The van der Waals surface area contributed by atoms with Gasteiger partial charge in [-0.05, 0) is 25.0 Å². The van der Waals surface area contributed by atoms with Crippen LogP contribution in [0.5, 0.6) is 0 Å². The molecule has 0 aromatic heterocycles. The summed E-state index contributed by atoms with van der Waals surface area (Å²) in [5, 5.41) is 0. The summed E-state index contributed by atoms with van der Waals surface area (Å²) >= 11 is 4.40. The molecule has 0 amide bonds. The van der Waals surface area contributed by atoms with Crippen LogP contribution in [0.15, 0.2) is 23.1 Å². The monoisotopic (exact) mass is 207 g/mol. The van der Waals surface area contributed by atoms with Gasteiger partial charge >= 0.3 is 0 Å². The van der Waals surface area contributed by atoms with Crippen LogP contribution in [0, 0.1) is 0 Å². The average Bonchev–Trinajstić information content (AvgIpc) is 2.70. The van der Waals surface area contributed by atoms with Crippen molar-refractivity contribution in [2.75, 3.05) is 18.0 Å². The summed E-state index contributed by atoms with van der Waals surface area (Å²) in [5.74, 6) is 0. The van der Waals surface area contributed by atoms with E-state index < -0.39 is 0 Å². The van der Waals surface area contributed by atoms with Crippen molar-refractivity contribution >= 4 is 24.6 Å². The van der Waals surface area contributed by atoms with Gasteiger partial charge in [0.15, 0.2) is 6.29 Å². The highest BCUT2D eigenvalue weighted by molar-refractivity contribution is 7.80. The number of rotatable bonds is 2. The number of anilines is 1. The van der Waals surface area contributed by atoms with Gasteiger partial charge in [-0.1, -0.05) is 6.07 Å². The Hall–Kier alpha value is -0.960. The maximum absolute atomic E-state index is 10.9. The normalized spacial score (nSPS) is 15.9. The minimum Gasteiger partial charge on any atom is -0.370 e. The fourth-order valence-electron chi connectivity index (χ4n) is 1.93. The molecule has 0 N–H and O–H groups in total. The van der Waals surface area contributed by atoms with E-state index in [4.69, 9.17) is 0 Å². The summed E-state index contributed by atoms with van der Waals surface area (Å²) in [5.41, 5.74) is 1.75. The van der Waals surface area contributed by atoms with E-state index in [9.17, 15) is 4.79 Å². The molecule has 1 aromatic carbocycles. The third kappa shape index (κ3) is 1.64. The number of nitrogens with zero attached hydrogens (tertiary/aromatic N) is 1. The lowest BCUT2D eigenvalue weighted by Crippen LogP contribution is -2.19. The third-order valence-corrected chi connectivity index (χ3v) is 2.96. The SMILES string of the molecule is O=Cc1cccc(S)c1N1CCCC1. The summed E-state index contributed by atoms with van der Waals surface area (Å²) in [6.07, 6.45) is 3.33. The standard InChI is InChI=1S/C11H13NOS/c13-8-9-4-3-5-10(14)11(9)12-6-1-2-7-12/h3-5,8,14H,1-2,6-7H2. The Morgan fingerprint density at radius 3 is 2.64 bits per heavy atom. The molecule has 0 atom stereocenters. The summed E-state index contributed by atoms with van der Waals surface area (Å²) < 4.78 is 0. The van der Waals surface area contributed by atoms with Gasteiger partial charge in [0, 0.05) is 23.5 Å². The number of aldehydes is 1. The Labute approximate surface area is 89.3 Å². The maximum Gasteiger partial charge on any atom is 0.152 e. The first-order valence-corrected chi connectivity index (χ1v) is 5.30. The molecule has 1 aliphatic heterocycles. The largest absolute Gasteiger partial charge is 0.370 e. The topological polar surface area (TPSA) is 20.3 Å². The van der Waals surface area contributed by atoms with Crippen molar-refractivity contribution in [2.45, 2.75) is 17.7 Å². The molecule has 2 nitrogen and oxygen atoms in total. The molecular formula is C11H13NOS. The van der Waals surface area contributed by atoms with Crippen LogP contribution in [0.1, 0.15) is 23.2 Å². The van der Waals surface area contributed by atoms with Gasteiger partial charge < -0.3 is 4.90 Å². The fourth-order valence-corrected chi connectivity index (χ4v) is 2.29. The predicted octanol–water partition coefficient (Wildman–Crippen LogP) is 2.39. The molecule has 2 rings (SSSR count). The zero-order chi connectivity index (χ0) is 9.97. The Morgan fingerprint density at radius 2 is 2.00 bits per heavy atom. The molecule has 1 saturated heterocycles. The van der Waals surface area contributed by atoms with Gasteiger partial charge in [0.05, 0.1) is 5.69 Å². The second-order valence-electron chi connectivity index (χ2n) is 3.53. The quantitative estimate of drug-likeness (QED) is 0.593. The zero-order valence-electron chi connectivity index (χ0n) is 7.94. The lowest BCUT2D eigenvalue weighted by Gasteiger charge is -2.21. The zero-order valence-corrected chi connectivity index (χ0v) is 8.83. The molecule has 0 bridgehead atoms.